The van der Waals surface area contributed by atoms with Crippen LogP contribution in [0.5, 0.6) is 0 Å². The SMILES string of the molecule is Cc1c(N)c(N2CCN(C(=O)C3CC3)[C@H](C3CC3)C2)nc(C2CC2)c1C1C=NNC1. The van der Waals surface area contributed by atoms with Crippen molar-refractivity contribution in [2.24, 2.45) is 16.9 Å². The van der Waals surface area contributed by atoms with Crippen LogP contribution in [-0.4, -0.2) is 54.2 Å². The molecule has 1 unspecified atom stereocenters. The predicted molar refractivity (Wildman–Crippen MR) is 118 cm³/mol. The van der Waals surface area contributed by atoms with E-state index in [1.165, 1.54) is 42.5 Å². The Labute approximate surface area is 178 Å². The molecule has 3 aliphatic carbocycles. The normalized spacial score (nSPS) is 28.7. The van der Waals surface area contributed by atoms with Gasteiger partial charge in [-0.25, -0.2) is 4.98 Å². The molecule has 6 rings (SSSR count). The number of rotatable bonds is 5. The highest BCUT2D eigenvalue weighted by Gasteiger charge is 2.45. The Bertz CT molecular complexity index is 901. The lowest BCUT2D eigenvalue weighted by atomic mass is 9.91. The first-order chi connectivity index (χ1) is 14.6. The van der Waals surface area contributed by atoms with Gasteiger partial charge in [0.1, 0.15) is 0 Å². The summed E-state index contributed by atoms with van der Waals surface area (Å²) in [6.45, 7) is 5.48. The summed E-state index contributed by atoms with van der Waals surface area (Å²) in [7, 11) is 0. The Morgan fingerprint density at radius 3 is 2.60 bits per heavy atom. The number of hydrazone groups is 1. The second-order valence-electron chi connectivity index (χ2n) is 9.95. The quantitative estimate of drug-likeness (QED) is 0.781. The van der Waals surface area contributed by atoms with Gasteiger partial charge in [-0.15, -0.1) is 0 Å². The van der Waals surface area contributed by atoms with Gasteiger partial charge < -0.3 is 21.0 Å². The lowest BCUT2D eigenvalue weighted by Gasteiger charge is -2.43. The van der Waals surface area contributed by atoms with E-state index in [1.807, 2.05) is 6.21 Å². The number of hydrogen-bond acceptors (Lipinski definition) is 6. The smallest absolute Gasteiger partial charge is 0.226 e. The highest BCUT2D eigenvalue weighted by molar-refractivity contribution is 5.82. The fourth-order valence-electron chi connectivity index (χ4n) is 5.36. The minimum Gasteiger partial charge on any atom is -0.396 e. The first kappa shape index (κ1) is 18.5. The van der Waals surface area contributed by atoms with Crippen molar-refractivity contribution >= 4 is 23.6 Å². The van der Waals surface area contributed by atoms with Crippen molar-refractivity contribution in [1.29, 1.82) is 0 Å². The summed E-state index contributed by atoms with van der Waals surface area (Å²) in [6, 6.07) is 0.323. The van der Waals surface area contributed by atoms with Crippen LogP contribution in [0.1, 0.15) is 67.2 Å². The highest BCUT2D eigenvalue weighted by atomic mass is 16.2. The minimum atomic E-state index is 0.261. The van der Waals surface area contributed by atoms with Crippen LogP contribution in [0.15, 0.2) is 5.10 Å². The van der Waals surface area contributed by atoms with E-state index >= 15 is 0 Å². The van der Waals surface area contributed by atoms with Gasteiger partial charge in [-0.3, -0.25) is 4.79 Å². The number of aromatic nitrogens is 1. The summed E-state index contributed by atoms with van der Waals surface area (Å²) >= 11 is 0. The average molecular weight is 409 g/mol. The Hall–Kier alpha value is -2.31. The van der Waals surface area contributed by atoms with E-state index in [1.54, 1.807) is 0 Å². The van der Waals surface area contributed by atoms with Gasteiger partial charge in [0.15, 0.2) is 5.82 Å². The number of nitrogens with zero attached hydrogens (tertiary/aromatic N) is 4. The van der Waals surface area contributed by atoms with Gasteiger partial charge >= 0.3 is 0 Å². The zero-order valence-electron chi connectivity index (χ0n) is 17.8. The average Bonchev–Trinajstić information content (AvgIpc) is 3.60. The third-order valence-electron chi connectivity index (χ3n) is 7.64. The fraction of sp³-hybridized carbons (Fsp3) is 0.696. The molecule has 0 bridgehead atoms. The maximum absolute atomic E-state index is 12.9. The number of nitrogens with two attached hydrogens (primary N) is 1. The zero-order valence-corrected chi connectivity index (χ0v) is 17.8. The summed E-state index contributed by atoms with van der Waals surface area (Å²) < 4.78 is 0. The first-order valence-corrected chi connectivity index (χ1v) is 11.7. The molecular formula is C23H32N6O. The number of anilines is 2. The molecule has 2 atom stereocenters. The maximum Gasteiger partial charge on any atom is 0.226 e. The summed E-state index contributed by atoms with van der Waals surface area (Å²) in [5.41, 5.74) is 14.3. The van der Waals surface area contributed by atoms with Gasteiger partial charge in [-0.2, -0.15) is 5.10 Å². The van der Waals surface area contributed by atoms with Gasteiger partial charge in [0.05, 0.1) is 17.4 Å². The molecule has 3 saturated carbocycles. The lowest BCUT2D eigenvalue weighted by molar-refractivity contribution is -0.135. The lowest BCUT2D eigenvalue weighted by Crippen LogP contribution is -2.57. The van der Waals surface area contributed by atoms with Crippen LogP contribution in [0.4, 0.5) is 11.5 Å². The van der Waals surface area contributed by atoms with Crippen LogP contribution in [0.3, 0.4) is 0 Å². The van der Waals surface area contributed by atoms with Crippen molar-refractivity contribution in [3.8, 4) is 0 Å². The third-order valence-corrected chi connectivity index (χ3v) is 7.64. The van der Waals surface area contributed by atoms with Gasteiger partial charge in [0.2, 0.25) is 5.91 Å². The number of hydrogen-bond donors (Lipinski definition) is 2. The van der Waals surface area contributed by atoms with Gasteiger partial charge in [0.25, 0.3) is 0 Å². The minimum absolute atomic E-state index is 0.261. The molecule has 3 heterocycles. The zero-order chi connectivity index (χ0) is 20.4. The monoisotopic (exact) mass is 408 g/mol. The van der Waals surface area contributed by atoms with Crippen LogP contribution in [0.2, 0.25) is 0 Å². The number of carbonyl (C=O) groups excluding carboxylic acids is 1. The molecule has 3 N–H and O–H groups in total. The number of amides is 1. The standard InChI is InChI=1S/C23H32N6O/c1-13-19(17-10-25-26-11-17)21(15-4-5-15)27-22(20(13)24)28-8-9-29(23(30)16-6-7-16)18(12-28)14-2-3-14/h10,14-18,26H,2-9,11-12,24H2,1H3/t17?,18-/m0/s1. The molecule has 0 radical (unpaired) electrons. The van der Waals surface area contributed by atoms with E-state index in [0.29, 0.717) is 29.7 Å². The van der Waals surface area contributed by atoms with E-state index in [0.717, 1.165) is 50.5 Å². The number of pyridine rings is 1. The first-order valence-electron chi connectivity index (χ1n) is 11.7. The Balaban J connectivity index is 1.32. The van der Waals surface area contributed by atoms with E-state index in [4.69, 9.17) is 10.7 Å². The van der Waals surface area contributed by atoms with E-state index < -0.39 is 0 Å². The molecule has 30 heavy (non-hydrogen) atoms. The molecule has 5 aliphatic rings. The molecular weight excluding hydrogens is 376 g/mol. The largest absolute Gasteiger partial charge is 0.396 e. The molecule has 0 spiro atoms. The van der Waals surface area contributed by atoms with Crippen LogP contribution in [0, 0.1) is 18.8 Å². The Morgan fingerprint density at radius 2 is 1.97 bits per heavy atom. The van der Waals surface area contributed by atoms with Crippen molar-refractivity contribution in [3.05, 3.63) is 16.8 Å². The molecule has 160 valence electrons. The second-order valence-corrected chi connectivity index (χ2v) is 9.95. The van der Waals surface area contributed by atoms with Crippen LogP contribution in [0.25, 0.3) is 0 Å². The number of nitrogens with one attached hydrogen (secondary N) is 1. The van der Waals surface area contributed by atoms with Gasteiger partial charge in [-0.05, 0) is 62.5 Å². The topological polar surface area (TPSA) is 86.8 Å². The van der Waals surface area contributed by atoms with Crippen molar-refractivity contribution in [3.63, 3.8) is 0 Å². The van der Waals surface area contributed by atoms with Gasteiger partial charge in [0, 0.05) is 50.1 Å². The van der Waals surface area contributed by atoms with Crippen LogP contribution in [-0.2, 0) is 4.79 Å². The summed E-state index contributed by atoms with van der Waals surface area (Å²) in [5.74, 6) is 3.11. The summed E-state index contributed by atoms with van der Waals surface area (Å²) in [5, 5.41) is 4.23. The molecule has 0 aromatic carbocycles. The second kappa shape index (κ2) is 6.86. The predicted octanol–water partition coefficient (Wildman–Crippen LogP) is 2.36. The summed E-state index contributed by atoms with van der Waals surface area (Å²) in [4.78, 5) is 22.6. The molecule has 1 aromatic rings. The van der Waals surface area contributed by atoms with E-state index in [2.05, 4.69) is 27.3 Å². The molecule has 7 nitrogen and oxygen atoms in total. The molecule has 4 fully saturated rings. The van der Waals surface area contributed by atoms with Gasteiger partial charge in [-0.1, -0.05) is 0 Å². The fourth-order valence-corrected chi connectivity index (χ4v) is 5.36. The van der Waals surface area contributed by atoms with Crippen molar-refractivity contribution in [2.45, 2.75) is 63.3 Å². The maximum atomic E-state index is 12.9. The molecule has 7 heteroatoms. The highest BCUT2D eigenvalue weighted by Crippen LogP contribution is 2.47. The number of piperazine rings is 1. The van der Waals surface area contributed by atoms with Crippen molar-refractivity contribution in [2.75, 3.05) is 36.8 Å². The summed E-state index contributed by atoms with van der Waals surface area (Å²) in [6.07, 6.45) is 9.08. The van der Waals surface area contributed by atoms with E-state index in [-0.39, 0.29) is 5.92 Å². The molecule has 1 amide bonds. The Kier molecular flexibility index (Phi) is 4.22. The van der Waals surface area contributed by atoms with Crippen LogP contribution < -0.4 is 16.1 Å². The molecule has 1 saturated heterocycles. The molecule has 1 aromatic heterocycles. The molecule has 2 aliphatic heterocycles. The van der Waals surface area contributed by atoms with Crippen LogP contribution >= 0.6 is 0 Å². The van der Waals surface area contributed by atoms with Crippen molar-refractivity contribution in [1.82, 2.24) is 15.3 Å². The third kappa shape index (κ3) is 3.13. The number of nitrogen functional groups attached to an aromatic ring is 1. The number of carbonyl (C=O) groups is 1. The van der Waals surface area contributed by atoms with Crippen molar-refractivity contribution < 1.29 is 4.79 Å². The Morgan fingerprint density at radius 1 is 1.17 bits per heavy atom. The van der Waals surface area contributed by atoms with E-state index in [9.17, 15) is 4.79 Å².